The van der Waals surface area contributed by atoms with Gasteiger partial charge in [-0.25, -0.2) is 0 Å². The normalized spacial score (nSPS) is 18.1. The minimum absolute atomic E-state index is 0.0763. The number of alkyl halides is 3. The molecule has 1 fully saturated rings. The lowest BCUT2D eigenvalue weighted by Gasteiger charge is -2.33. The first-order chi connectivity index (χ1) is 14.9. The van der Waals surface area contributed by atoms with Crippen LogP contribution in [0.2, 0.25) is 5.02 Å². The van der Waals surface area contributed by atoms with Gasteiger partial charge in [0.2, 0.25) is 0 Å². The number of benzene rings is 1. The maximum atomic E-state index is 13.2. The highest BCUT2D eigenvalue weighted by atomic mass is 35.5. The van der Waals surface area contributed by atoms with E-state index in [0.29, 0.717) is 0 Å². The van der Waals surface area contributed by atoms with E-state index in [2.05, 4.69) is 39.9 Å². The van der Waals surface area contributed by atoms with Gasteiger partial charge in [-0.1, -0.05) is 42.3 Å². The van der Waals surface area contributed by atoms with Crippen LogP contribution in [0.1, 0.15) is 42.1 Å². The van der Waals surface area contributed by atoms with E-state index < -0.39 is 11.7 Å². The number of nitrogens with one attached hydrogen (secondary N) is 2. The van der Waals surface area contributed by atoms with Gasteiger partial charge < -0.3 is 10.6 Å². The molecule has 164 valence electrons. The van der Waals surface area contributed by atoms with Gasteiger partial charge in [-0.05, 0) is 54.1 Å². The quantitative estimate of drug-likeness (QED) is 0.439. The average molecular weight is 466 g/mol. The van der Waals surface area contributed by atoms with E-state index in [1.165, 1.54) is 4.88 Å². The molecular weight excluding hydrogens is 443 g/mol. The predicted octanol–water partition coefficient (Wildman–Crippen LogP) is 6.46. The molecule has 0 spiro atoms. The lowest BCUT2D eigenvalue weighted by atomic mass is 9.91. The second-order valence-corrected chi connectivity index (χ2v) is 8.96. The van der Waals surface area contributed by atoms with Gasteiger partial charge in [-0.15, -0.1) is 11.3 Å². The SMILES string of the molecule is FC(F)(F)c1ccnc(CNC(c2cccc(-c3cccs3)c2)[C@@H]2CCCCN2)c1Cl. The summed E-state index contributed by atoms with van der Waals surface area (Å²) in [6.45, 7) is 1.07. The van der Waals surface area contributed by atoms with Crippen molar-refractivity contribution in [3.05, 3.63) is 75.9 Å². The molecular formula is C23H23ClF3N3S. The minimum Gasteiger partial charge on any atom is -0.312 e. The van der Waals surface area contributed by atoms with Crippen LogP contribution in [-0.4, -0.2) is 17.6 Å². The average Bonchev–Trinajstić information content (AvgIpc) is 3.30. The molecule has 2 aromatic heterocycles. The first-order valence-corrected chi connectivity index (χ1v) is 11.5. The summed E-state index contributed by atoms with van der Waals surface area (Å²) in [6, 6.07) is 13.4. The third-order valence-electron chi connectivity index (χ3n) is 5.56. The first kappa shape index (κ1) is 22.3. The van der Waals surface area contributed by atoms with Gasteiger partial charge in [0.15, 0.2) is 0 Å². The zero-order chi connectivity index (χ0) is 21.8. The number of piperidine rings is 1. The van der Waals surface area contributed by atoms with Gasteiger partial charge in [0.25, 0.3) is 0 Å². The Kier molecular flexibility index (Phi) is 6.96. The molecule has 0 bridgehead atoms. The van der Waals surface area contributed by atoms with E-state index in [1.54, 1.807) is 11.3 Å². The fourth-order valence-electron chi connectivity index (χ4n) is 4.02. The molecule has 0 amide bonds. The van der Waals surface area contributed by atoms with E-state index in [0.717, 1.165) is 49.2 Å². The largest absolute Gasteiger partial charge is 0.417 e. The van der Waals surface area contributed by atoms with Crippen molar-refractivity contribution in [3.63, 3.8) is 0 Å². The molecule has 4 rings (SSSR count). The maximum absolute atomic E-state index is 13.2. The molecule has 1 saturated heterocycles. The summed E-state index contributed by atoms with van der Waals surface area (Å²) in [5.74, 6) is 0. The van der Waals surface area contributed by atoms with Gasteiger partial charge in [-0.2, -0.15) is 13.2 Å². The third-order valence-corrected chi connectivity index (χ3v) is 6.90. The zero-order valence-electron chi connectivity index (χ0n) is 16.8. The lowest BCUT2D eigenvalue weighted by molar-refractivity contribution is -0.137. The molecule has 0 aliphatic carbocycles. The molecule has 2 N–H and O–H groups in total. The summed E-state index contributed by atoms with van der Waals surface area (Å²) in [5.41, 5.74) is 1.57. The number of rotatable bonds is 6. The van der Waals surface area contributed by atoms with Gasteiger partial charge in [-0.3, -0.25) is 4.98 Å². The van der Waals surface area contributed by atoms with E-state index in [9.17, 15) is 13.2 Å². The van der Waals surface area contributed by atoms with Crippen LogP contribution in [-0.2, 0) is 12.7 Å². The Balaban J connectivity index is 1.61. The van der Waals surface area contributed by atoms with Crippen molar-refractivity contribution in [2.45, 2.75) is 44.1 Å². The smallest absolute Gasteiger partial charge is 0.312 e. The number of hydrogen-bond donors (Lipinski definition) is 2. The predicted molar refractivity (Wildman–Crippen MR) is 119 cm³/mol. The van der Waals surface area contributed by atoms with Crippen molar-refractivity contribution in [2.75, 3.05) is 6.54 Å². The van der Waals surface area contributed by atoms with Crippen LogP contribution in [0.5, 0.6) is 0 Å². The molecule has 3 aromatic rings. The summed E-state index contributed by atoms with van der Waals surface area (Å²) in [5, 5.41) is 8.71. The van der Waals surface area contributed by atoms with Gasteiger partial charge in [0.1, 0.15) is 0 Å². The number of hydrogen-bond acceptors (Lipinski definition) is 4. The number of halogens is 4. The van der Waals surface area contributed by atoms with Crippen LogP contribution in [0.4, 0.5) is 13.2 Å². The van der Waals surface area contributed by atoms with Crippen molar-refractivity contribution in [2.24, 2.45) is 0 Å². The number of nitrogens with zero attached hydrogens (tertiary/aromatic N) is 1. The fraction of sp³-hybridized carbons (Fsp3) is 0.348. The van der Waals surface area contributed by atoms with Crippen LogP contribution in [0, 0.1) is 0 Å². The molecule has 1 aromatic carbocycles. The lowest BCUT2D eigenvalue weighted by Crippen LogP contribution is -2.44. The standard InChI is InChI=1S/C23H23ClF3N3S/c24-21-17(23(25,26)27)9-11-29-19(21)14-30-22(18-7-1-2-10-28-18)16-6-3-5-15(13-16)20-8-4-12-31-20/h3-6,8-9,11-13,18,22,28,30H,1-2,7,10,14H2/t18-,22?/m0/s1. The van der Waals surface area contributed by atoms with E-state index in [-0.39, 0.29) is 29.3 Å². The van der Waals surface area contributed by atoms with Crippen LogP contribution in [0.15, 0.2) is 54.0 Å². The highest BCUT2D eigenvalue weighted by Gasteiger charge is 2.34. The molecule has 1 unspecified atom stereocenters. The summed E-state index contributed by atoms with van der Waals surface area (Å²) < 4.78 is 39.7. The van der Waals surface area contributed by atoms with Crippen molar-refractivity contribution < 1.29 is 13.2 Å². The van der Waals surface area contributed by atoms with Crippen molar-refractivity contribution >= 4 is 22.9 Å². The molecule has 2 atom stereocenters. The number of aromatic nitrogens is 1. The Hall–Kier alpha value is -1.93. The van der Waals surface area contributed by atoms with Crippen molar-refractivity contribution in [1.29, 1.82) is 0 Å². The van der Waals surface area contributed by atoms with E-state index in [1.807, 2.05) is 17.5 Å². The van der Waals surface area contributed by atoms with Gasteiger partial charge in [0.05, 0.1) is 16.3 Å². The summed E-state index contributed by atoms with van der Waals surface area (Å²) in [7, 11) is 0. The third kappa shape index (κ3) is 5.29. The minimum atomic E-state index is -4.51. The molecule has 0 saturated carbocycles. The molecule has 31 heavy (non-hydrogen) atoms. The molecule has 1 aliphatic rings. The first-order valence-electron chi connectivity index (χ1n) is 10.2. The van der Waals surface area contributed by atoms with Crippen LogP contribution < -0.4 is 10.6 Å². The van der Waals surface area contributed by atoms with Crippen LogP contribution >= 0.6 is 22.9 Å². The second kappa shape index (κ2) is 9.69. The second-order valence-electron chi connectivity index (χ2n) is 7.63. The summed E-state index contributed by atoms with van der Waals surface area (Å²) >= 11 is 7.74. The maximum Gasteiger partial charge on any atom is 0.417 e. The Bertz CT molecular complexity index is 1000. The Labute approximate surface area is 188 Å². The molecule has 8 heteroatoms. The highest BCUT2D eigenvalue weighted by Crippen LogP contribution is 2.36. The molecule has 0 radical (unpaired) electrons. The van der Waals surface area contributed by atoms with E-state index >= 15 is 0 Å². The highest BCUT2D eigenvalue weighted by molar-refractivity contribution is 7.13. The Morgan fingerprint density at radius 2 is 2.06 bits per heavy atom. The monoisotopic (exact) mass is 465 g/mol. The topological polar surface area (TPSA) is 37.0 Å². The fourth-order valence-corrected chi connectivity index (χ4v) is 5.03. The van der Waals surface area contributed by atoms with Crippen LogP contribution in [0.3, 0.4) is 0 Å². The van der Waals surface area contributed by atoms with Crippen molar-refractivity contribution in [1.82, 2.24) is 15.6 Å². The van der Waals surface area contributed by atoms with Crippen molar-refractivity contribution in [3.8, 4) is 10.4 Å². The molecule has 3 heterocycles. The Morgan fingerprint density at radius 3 is 2.77 bits per heavy atom. The van der Waals surface area contributed by atoms with Crippen LogP contribution in [0.25, 0.3) is 10.4 Å². The van der Waals surface area contributed by atoms with Gasteiger partial charge >= 0.3 is 6.18 Å². The Morgan fingerprint density at radius 1 is 1.19 bits per heavy atom. The molecule has 3 nitrogen and oxygen atoms in total. The number of pyridine rings is 1. The summed E-state index contributed by atoms with van der Waals surface area (Å²) in [6.07, 6.45) is -0.113. The zero-order valence-corrected chi connectivity index (χ0v) is 18.3. The molecule has 1 aliphatic heterocycles. The van der Waals surface area contributed by atoms with Gasteiger partial charge in [0, 0.05) is 29.7 Å². The van der Waals surface area contributed by atoms with E-state index in [4.69, 9.17) is 11.6 Å². The number of thiophene rings is 1. The summed E-state index contributed by atoms with van der Waals surface area (Å²) in [4.78, 5) is 5.29.